The van der Waals surface area contributed by atoms with Crippen LogP contribution in [0.3, 0.4) is 0 Å². The molecule has 5 rings (SSSR count). The molecule has 1 heteroatoms. The van der Waals surface area contributed by atoms with Crippen LogP contribution >= 0.6 is 0 Å². The van der Waals surface area contributed by atoms with E-state index in [1.54, 1.807) is 5.69 Å². The van der Waals surface area contributed by atoms with Crippen LogP contribution in [0.4, 0.5) is 5.69 Å². The molecule has 1 aliphatic carbocycles. The smallest absolute Gasteiger partial charge is 0.0439 e. The van der Waals surface area contributed by atoms with Gasteiger partial charge < -0.3 is 4.90 Å². The quantitative estimate of drug-likeness (QED) is 0.472. The molecule has 0 spiro atoms. The fourth-order valence-electron chi connectivity index (χ4n) is 6.88. The highest BCUT2D eigenvalue weighted by Gasteiger charge is 2.51. The summed E-state index contributed by atoms with van der Waals surface area (Å²) in [7, 11) is 0. The van der Waals surface area contributed by atoms with E-state index in [0.29, 0.717) is 29.2 Å². The van der Waals surface area contributed by atoms with Crippen molar-refractivity contribution in [1.29, 1.82) is 0 Å². The van der Waals surface area contributed by atoms with Crippen LogP contribution < -0.4 is 4.90 Å². The Kier molecular flexibility index (Phi) is 6.25. The van der Waals surface area contributed by atoms with Crippen molar-refractivity contribution in [2.45, 2.75) is 91.5 Å². The molecule has 0 N–H and O–H groups in total. The van der Waals surface area contributed by atoms with Crippen LogP contribution in [-0.2, 0) is 0 Å². The Labute approximate surface area is 191 Å². The summed E-state index contributed by atoms with van der Waals surface area (Å²) in [6.07, 6.45) is 4.10. The minimum absolute atomic E-state index is 0.334. The van der Waals surface area contributed by atoms with Crippen molar-refractivity contribution in [2.75, 3.05) is 11.4 Å². The van der Waals surface area contributed by atoms with Crippen molar-refractivity contribution in [2.24, 2.45) is 17.3 Å². The van der Waals surface area contributed by atoms with Gasteiger partial charge in [-0.3, -0.25) is 0 Å². The minimum Gasteiger partial charge on any atom is -0.367 e. The number of hydrogen-bond donors (Lipinski definition) is 0. The topological polar surface area (TPSA) is 3.24 Å². The molecule has 2 aromatic carbocycles. The molecule has 3 aliphatic rings. The average Bonchev–Trinajstić information content (AvgIpc) is 2.97. The van der Waals surface area contributed by atoms with Crippen molar-refractivity contribution in [1.82, 2.24) is 0 Å². The van der Waals surface area contributed by atoms with Crippen LogP contribution in [0.2, 0.25) is 0 Å². The van der Waals surface area contributed by atoms with Crippen LogP contribution in [0.25, 0.3) is 0 Å². The Hall–Kier alpha value is -1.76. The summed E-state index contributed by atoms with van der Waals surface area (Å²) in [6.45, 7) is 18.2. The molecule has 2 heterocycles. The van der Waals surface area contributed by atoms with Gasteiger partial charge in [-0.15, -0.1) is 0 Å². The SMILES string of the molecule is CC(C)c1cccc(C(C)C)c1N1C[C@]2(C(C)c3ccccc3)CC[C@H](C[C@@H]2C)C1C. The summed E-state index contributed by atoms with van der Waals surface area (Å²) in [5, 5.41) is 0. The van der Waals surface area contributed by atoms with Gasteiger partial charge in [0, 0.05) is 18.3 Å². The lowest BCUT2D eigenvalue weighted by molar-refractivity contribution is 0.0781. The Morgan fingerprint density at radius 1 is 0.839 bits per heavy atom. The summed E-state index contributed by atoms with van der Waals surface area (Å²) in [6, 6.07) is 19.0. The molecule has 1 nitrogen and oxygen atoms in total. The molecule has 0 amide bonds. The number of para-hydroxylation sites is 1. The number of rotatable bonds is 5. The first-order valence-electron chi connectivity index (χ1n) is 12.7. The van der Waals surface area contributed by atoms with Gasteiger partial charge in [0.25, 0.3) is 0 Å². The Balaban J connectivity index is 1.85. The fraction of sp³-hybridized carbons (Fsp3) is 0.600. The molecule has 1 saturated carbocycles. The van der Waals surface area contributed by atoms with Gasteiger partial charge in [-0.2, -0.15) is 0 Å². The number of nitrogens with zero attached hydrogens (tertiary/aromatic N) is 1. The molecule has 3 fully saturated rings. The summed E-state index contributed by atoms with van der Waals surface area (Å²) in [5.41, 5.74) is 6.49. The molecule has 2 aromatic rings. The van der Waals surface area contributed by atoms with Crippen molar-refractivity contribution < 1.29 is 0 Å². The van der Waals surface area contributed by atoms with Crippen molar-refractivity contribution in [3.8, 4) is 0 Å². The van der Waals surface area contributed by atoms with Gasteiger partial charge in [-0.1, -0.05) is 90.1 Å². The zero-order chi connectivity index (χ0) is 22.3. The van der Waals surface area contributed by atoms with E-state index in [2.05, 4.69) is 102 Å². The van der Waals surface area contributed by atoms with Gasteiger partial charge in [-0.25, -0.2) is 0 Å². The van der Waals surface area contributed by atoms with Crippen LogP contribution in [0.5, 0.6) is 0 Å². The molecular weight excluding hydrogens is 374 g/mol. The van der Waals surface area contributed by atoms with E-state index < -0.39 is 0 Å². The second kappa shape index (κ2) is 8.64. The van der Waals surface area contributed by atoms with Crippen LogP contribution in [0, 0.1) is 17.3 Å². The number of fused-ring (bicyclic) bond motifs is 4. The summed E-state index contributed by atoms with van der Waals surface area (Å²) >= 11 is 0. The maximum atomic E-state index is 2.88. The summed E-state index contributed by atoms with van der Waals surface area (Å²) in [4.78, 5) is 2.88. The third-order valence-corrected chi connectivity index (χ3v) is 9.05. The van der Waals surface area contributed by atoms with E-state index in [1.807, 2.05) is 0 Å². The molecule has 2 bridgehead atoms. The van der Waals surface area contributed by atoms with Crippen LogP contribution in [0.15, 0.2) is 48.5 Å². The van der Waals surface area contributed by atoms with Gasteiger partial charge in [0.05, 0.1) is 0 Å². The van der Waals surface area contributed by atoms with Gasteiger partial charge in [-0.05, 0) is 77.9 Å². The predicted octanol–water partition coefficient (Wildman–Crippen LogP) is 8.37. The standard InChI is InChI=1S/C30H43N/c1-20(2)27-14-11-15-28(21(3)4)29(27)31-19-30(23(6)25-12-9-8-10-13-25)17-16-26(24(31)7)18-22(30)5/h8-15,20-24,26H,16-19H2,1-7H3/t22-,23?,24?,26+,30+/m0/s1. The van der Waals surface area contributed by atoms with Crippen LogP contribution in [0.1, 0.15) is 102 Å². The van der Waals surface area contributed by atoms with Gasteiger partial charge >= 0.3 is 0 Å². The number of anilines is 1. The zero-order valence-corrected chi connectivity index (χ0v) is 20.9. The zero-order valence-electron chi connectivity index (χ0n) is 20.9. The Bertz CT molecular complexity index is 856. The molecular formula is C30H43N. The molecule has 0 radical (unpaired) electrons. The first-order chi connectivity index (χ1) is 14.8. The molecule has 2 unspecified atom stereocenters. The molecule has 2 aliphatic heterocycles. The predicted molar refractivity (Wildman–Crippen MR) is 135 cm³/mol. The highest BCUT2D eigenvalue weighted by Crippen LogP contribution is 2.57. The highest BCUT2D eigenvalue weighted by molar-refractivity contribution is 5.63. The van der Waals surface area contributed by atoms with E-state index in [1.165, 1.54) is 42.5 Å². The Morgan fingerprint density at radius 3 is 2.00 bits per heavy atom. The summed E-state index contributed by atoms with van der Waals surface area (Å²) < 4.78 is 0. The molecule has 168 valence electrons. The maximum Gasteiger partial charge on any atom is 0.0439 e. The molecule has 2 saturated heterocycles. The maximum absolute atomic E-state index is 2.88. The van der Waals surface area contributed by atoms with E-state index >= 15 is 0 Å². The highest BCUT2D eigenvalue weighted by atomic mass is 15.2. The third-order valence-electron chi connectivity index (χ3n) is 9.05. The summed E-state index contributed by atoms with van der Waals surface area (Å²) in [5.74, 6) is 3.21. The monoisotopic (exact) mass is 417 g/mol. The van der Waals surface area contributed by atoms with Crippen molar-refractivity contribution in [3.05, 3.63) is 65.2 Å². The van der Waals surface area contributed by atoms with Gasteiger partial charge in [0.1, 0.15) is 0 Å². The van der Waals surface area contributed by atoms with Gasteiger partial charge in [0.15, 0.2) is 0 Å². The first kappa shape index (κ1) is 22.4. The number of benzene rings is 2. The second-order valence-corrected chi connectivity index (χ2v) is 11.3. The second-order valence-electron chi connectivity index (χ2n) is 11.3. The van der Waals surface area contributed by atoms with E-state index in [9.17, 15) is 0 Å². The molecule has 5 atom stereocenters. The number of hydrogen-bond acceptors (Lipinski definition) is 1. The van der Waals surface area contributed by atoms with Crippen LogP contribution in [-0.4, -0.2) is 12.6 Å². The Morgan fingerprint density at radius 2 is 1.45 bits per heavy atom. The van der Waals surface area contributed by atoms with Crippen molar-refractivity contribution in [3.63, 3.8) is 0 Å². The van der Waals surface area contributed by atoms with E-state index in [-0.39, 0.29) is 0 Å². The fourth-order valence-corrected chi connectivity index (χ4v) is 6.88. The lowest BCUT2D eigenvalue weighted by Gasteiger charge is -2.48. The van der Waals surface area contributed by atoms with Gasteiger partial charge in [0.2, 0.25) is 0 Å². The first-order valence-corrected chi connectivity index (χ1v) is 12.7. The van der Waals surface area contributed by atoms with Crippen molar-refractivity contribution >= 4 is 5.69 Å². The molecule has 0 aromatic heterocycles. The van der Waals surface area contributed by atoms with E-state index in [0.717, 1.165) is 11.8 Å². The largest absolute Gasteiger partial charge is 0.367 e. The minimum atomic E-state index is 0.334. The average molecular weight is 418 g/mol. The normalized spacial score (nSPS) is 29.5. The third kappa shape index (κ3) is 3.83. The lowest BCUT2D eigenvalue weighted by atomic mass is 9.58. The van der Waals surface area contributed by atoms with E-state index in [4.69, 9.17) is 0 Å². The molecule has 31 heavy (non-hydrogen) atoms. The lowest BCUT2D eigenvalue weighted by Crippen LogP contribution is -2.45.